The second-order valence-electron chi connectivity index (χ2n) is 12.0. The minimum Gasteiger partial charge on any atom is -0.494 e. The highest BCUT2D eigenvalue weighted by atomic mass is 19.3. The number of fused-ring (bicyclic) bond motifs is 3. The van der Waals surface area contributed by atoms with Gasteiger partial charge in [-0.15, -0.1) is 5.10 Å². The Morgan fingerprint density at radius 1 is 1.07 bits per heavy atom. The van der Waals surface area contributed by atoms with Gasteiger partial charge in [0.15, 0.2) is 11.5 Å². The van der Waals surface area contributed by atoms with Crippen LogP contribution in [0.2, 0.25) is 0 Å². The molecule has 0 unspecified atom stereocenters. The Hall–Kier alpha value is -4.83. The molecular weight excluding hydrogens is 564 g/mol. The molecule has 0 aliphatic heterocycles. The first-order valence-corrected chi connectivity index (χ1v) is 14.6. The second kappa shape index (κ2) is 10.4. The molecule has 7 rings (SSSR count). The van der Waals surface area contributed by atoms with E-state index in [-0.39, 0.29) is 11.8 Å². The number of aryl methyl sites for hydroxylation is 2. The van der Waals surface area contributed by atoms with Crippen molar-refractivity contribution in [2.24, 2.45) is 5.11 Å². The zero-order valence-electron chi connectivity index (χ0n) is 24.6. The number of ether oxygens (including phenoxy) is 1. The molecule has 5 aromatic rings. The SMILES string of the molecule is COc1cccc2c1nc(NCc1ccc(C)c(C)c1)n1nc([C@H]3C[C@@H](c4ccc(C5(N=[N+]=[N-])CC(F)(F)C5)cn4)C3)nc21. The first kappa shape index (κ1) is 28.0. The van der Waals surface area contributed by atoms with Crippen molar-refractivity contribution in [2.45, 2.75) is 69.4 Å². The molecule has 44 heavy (non-hydrogen) atoms. The van der Waals surface area contributed by atoms with Crippen LogP contribution in [0.4, 0.5) is 14.7 Å². The molecule has 0 radical (unpaired) electrons. The number of methoxy groups -OCH3 is 1. The molecule has 0 atom stereocenters. The maximum absolute atomic E-state index is 13.7. The third kappa shape index (κ3) is 4.75. The van der Waals surface area contributed by atoms with Crippen LogP contribution in [0, 0.1) is 13.8 Å². The van der Waals surface area contributed by atoms with Gasteiger partial charge in [-0.2, -0.15) is 4.52 Å². The van der Waals surface area contributed by atoms with Crippen LogP contribution in [-0.2, 0) is 12.1 Å². The number of nitrogens with zero attached hydrogens (tertiary/aromatic N) is 8. The Kier molecular flexibility index (Phi) is 6.62. The number of nitrogens with one attached hydrogen (secondary N) is 1. The van der Waals surface area contributed by atoms with Gasteiger partial charge in [0.25, 0.3) is 0 Å². The number of pyridine rings is 1. The Bertz CT molecular complexity index is 1940. The Morgan fingerprint density at radius 2 is 1.89 bits per heavy atom. The average Bonchev–Trinajstić information content (AvgIpc) is 3.41. The number of rotatable bonds is 8. The molecule has 10 nitrogen and oxygen atoms in total. The lowest BCUT2D eigenvalue weighted by Gasteiger charge is -2.44. The van der Waals surface area contributed by atoms with E-state index in [1.165, 1.54) is 11.1 Å². The first-order valence-electron chi connectivity index (χ1n) is 14.6. The summed E-state index contributed by atoms with van der Waals surface area (Å²) in [6.07, 6.45) is 2.21. The van der Waals surface area contributed by atoms with E-state index >= 15 is 0 Å². The highest BCUT2D eigenvalue weighted by molar-refractivity contribution is 5.96. The summed E-state index contributed by atoms with van der Waals surface area (Å²) >= 11 is 0. The van der Waals surface area contributed by atoms with Crippen LogP contribution in [0.3, 0.4) is 0 Å². The van der Waals surface area contributed by atoms with E-state index in [4.69, 9.17) is 25.3 Å². The highest BCUT2D eigenvalue weighted by Crippen LogP contribution is 2.54. The number of halogens is 2. The minimum atomic E-state index is -2.82. The van der Waals surface area contributed by atoms with E-state index in [0.717, 1.165) is 35.3 Å². The predicted octanol–water partition coefficient (Wildman–Crippen LogP) is 7.51. The molecule has 0 spiro atoms. The summed E-state index contributed by atoms with van der Waals surface area (Å²) in [4.78, 5) is 17.3. The van der Waals surface area contributed by atoms with Crippen molar-refractivity contribution in [3.8, 4) is 5.75 Å². The van der Waals surface area contributed by atoms with E-state index in [1.807, 2.05) is 24.3 Å². The fraction of sp³-hybridized carbons (Fsp3) is 0.375. The number of alkyl halides is 2. The number of anilines is 1. The summed E-state index contributed by atoms with van der Waals surface area (Å²) in [5.74, 6) is -0.516. The predicted molar refractivity (Wildman–Crippen MR) is 162 cm³/mol. The summed E-state index contributed by atoms with van der Waals surface area (Å²) in [7, 11) is 1.63. The van der Waals surface area contributed by atoms with Crippen LogP contribution in [-0.4, -0.2) is 37.6 Å². The van der Waals surface area contributed by atoms with Gasteiger partial charge >= 0.3 is 0 Å². The summed E-state index contributed by atoms with van der Waals surface area (Å²) in [6, 6.07) is 15.8. The van der Waals surface area contributed by atoms with Gasteiger partial charge < -0.3 is 10.1 Å². The fourth-order valence-corrected chi connectivity index (χ4v) is 6.38. The lowest BCUT2D eigenvalue weighted by Crippen LogP contribution is -2.47. The third-order valence-corrected chi connectivity index (χ3v) is 9.11. The van der Waals surface area contributed by atoms with Gasteiger partial charge in [-0.05, 0) is 72.7 Å². The molecule has 224 valence electrons. The van der Waals surface area contributed by atoms with Gasteiger partial charge in [0, 0.05) is 53.4 Å². The molecule has 2 fully saturated rings. The van der Waals surface area contributed by atoms with Gasteiger partial charge in [0.2, 0.25) is 11.9 Å². The maximum atomic E-state index is 13.7. The van der Waals surface area contributed by atoms with E-state index in [2.05, 4.69) is 52.4 Å². The summed E-state index contributed by atoms with van der Waals surface area (Å²) in [6.45, 7) is 4.77. The molecule has 1 N–H and O–H groups in total. The standard InChI is InChI=1S/C32H31F2N9O/c1-18-7-8-20(11-19(18)2)14-37-30-38-27-24(5-4-6-26(27)44-3)29-39-28(40-43(29)30)22-12-21(13-22)25-10-9-23(15-36-25)31(41-42-35)16-32(33,34)17-31/h4-11,15,21-22H,12-14,16-17H2,1-3H3,(H,37,38)/t21-,22+. The fourth-order valence-electron chi connectivity index (χ4n) is 6.38. The minimum absolute atomic E-state index is 0.134. The van der Waals surface area contributed by atoms with Crippen LogP contribution in [0.25, 0.3) is 27.0 Å². The highest BCUT2D eigenvalue weighted by Gasteiger charge is 2.57. The van der Waals surface area contributed by atoms with Crippen molar-refractivity contribution in [1.29, 1.82) is 0 Å². The van der Waals surface area contributed by atoms with E-state index in [1.54, 1.807) is 23.9 Å². The van der Waals surface area contributed by atoms with Crippen molar-refractivity contribution in [3.63, 3.8) is 0 Å². The molecule has 2 aliphatic carbocycles. The summed E-state index contributed by atoms with van der Waals surface area (Å²) in [5.41, 5.74) is 14.2. The van der Waals surface area contributed by atoms with Gasteiger partial charge in [0.05, 0.1) is 12.6 Å². The number of aromatic nitrogens is 5. The maximum Gasteiger partial charge on any atom is 0.250 e. The molecular formula is C32H31F2N9O. The van der Waals surface area contributed by atoms with Crippen LogP contribution in [0.15, 0.2) is 59.8 Å². The van der Waals surface area contributed by atoms with Gasteiger partial charge in [-0.1, -0.05) is 35.4 Å². The van der Waals surface area contributed by atoms with Crippen molar-refractivity contribution in [2.75, 3.05) is 12.4 Å². The second-order valence-corrected chi connectivity index (χ2v) is 12.0. The molecule has 0 saturated heterocycles. The Morgan fingerprint density at radius 3 is 2.57 bits per heavy atom. The van der Waals surface area contributed by atoms with Crippen LogP contribution in [0.5, 0.6) is 5.75 Å². The lowest BCUT2D eigenvalue weighted by atomic mass is 9.69. The van der Waals surface area contributed by atoms with Gasteiger partial charge in [-0.25, -0.2) is 18.7 Å². The molecule has 12 heteroatoms. The normalized spacial score (nSPS) is 20.0. The zero-order valence-corrected chi connectivity index (χ0v) is 24.6. The van der Waals surface area contributed by atoms with Crippen LogP contribution >= 0.6 is 0 Å². The number of para-hydroxylation sites is 1. The average molecular weight is 596 g/mol. The summed E-state index contributed by atoms with van der Waals surface area (Å²) in [5, 5.41) is 12.9. The smallest absolute Gasteiger partial charge is 0.250 e. The molecule has 3 heterocycles. The quantitative estimate of drug-likeness (QED) is 0.112. The van der Waals surface area contributed by atoms with Gasteiger partial charge in [0.1, 0.15) is 11.3 Å². The lowest BCUT2D eigenvalue weighted by molar-refractivity contribution is -0.124. The Balaban J connectivity index is 1.14. The number of benzene rings is 2. The van der Waals surface area contributed by atoms with Crippen LogP contribution in [0.1, 0.15) is 71.3 Å². The monoisotopic (exact) mass is 595 g/mol. The molecule has 0 bridgehead atoms. The molecule has 0 amide bonds. The third-order valence-electron chi connectivity index (χ3n) is 9.11. The summed E-state index contributed by atoms with van der Waals surface area (Å²) < 4.78 is 34.7. The van der Waals surface area contributed by atoms with Crippen molar-refractivity contribution >= 4 is 22.5 Å². The Labute approximate surface area is 252 Å². The van der Waals surface area contributed by atoms with E-state index in [0.29, 0.717) is 35.0 Å². The number of hydrogen-bond donors (Lipinski definition) is 1. The zero-order chi connectivity index (χ0) is 30.6. The van der Waals surface area contributed by atoms with Crippen molar-refractivity contribution in [1.82, 2.24) is 24.6 Å². The van der Waals surface area contributed by atoms with Crippen LogP contribution < -0.4 is 10.1 Å². The number of hydrogen-bond acceptors (Lipinski definition) is 7. The van der Waals surface area contributed by atoms with E-state index in [9.17, 15) is 8.78 Å². The number of azide groups is 1. The molecule has 2 saturated carbocycles. The van der Waals surface area contributed by atoms with Crippen molar-refractivity contribution < 1.29 is 13.5 Å². The molecule has 3 aromatic heterocycles. The van der Waals surface area contributed by atoms with E-state index < -0.39 is 24.3 Å². The molecule has 2 aromatic carbocycles. The van der Waals surface area contributed by atoms with Gasteiger partial charge in [-0.3, -0.25) is 4.98 Å². The van der Waals surface area contributed by atoms with Crippen molar-refractivity contribution in [3.05, 3.63) is 98.9 Å². The first-order chi connectivity index (χ1) is 21.2. The topological polar surface area (TPSA) is 126 Å². The molecule has 2 aliphatic rings. The largest absolute Gasteiger partial charge is 0.494 e.